The van der Waals surface area contributed by atoms with E-state index in [0.29, 0.717) is 5.92 Å². The molecule has 0 bridgehead atoms. The summed E-state index contributed by atoms with van der Waals surface area (Å²) in [5.41, 5.74) is 9.50. The highest BCUT2D eigenvalue weighted by Crippen LogP contribution is 2.44. The third kappa shape index (κ3) is 3.41. The van der Waals surface area contributed by atoms with E-state index in [4.69, 9.17) is 5.73 Å². The molecular weight excluding hydrogens is 244 g/mol. The van der Waals surface area contributed by atoms with Crippen LogP contribution in [0.3, 0.4) is 0 Å². The molecule has 2 heteroatoms. The second kappa shape index (κ2) is 5.85. The van der Waals surface area contributed by atoms with Crippen LogP contribution in [0.5, 0.6) is 0 Å². The van der Waals surface area contributed by atoms with E-state index in [1.807, 2.05) is 6.20 Å². The monoisotopic (exact) mass is 274 g/mol. The standard InChI is InChI=1S/C18H30N2/c1-5-14-9-10-15(20-13-14)12-18(19)11-7-6-8-16(18)17(2,3)4/h9-10,13,16H,5-8,11-12,19H2,1-4H3. The Hall–Kier alpha value is -0.890. The molecule has 1 saturated carbocycles. The fraction of sp³-hybridized carbons (Fsp3) is 0.722. The van der Waals surface area contributed by atoms with Crippen molar-refractivity contribution in [1.29, 1.82) is 0 Å². The number of aromatic nitrogens is 1. The van der Waals surface area contributed by atoms with Gasteiger partial charge in [-0.25, -0.2) is 0 Å². The van der Waals surface area contributed by atoms with Gasteiger partial charge in [-0.3, -0.25) is 4.98 Å². The first kappa shape index (κ1) is 15.5. The third-order valence-electron chi connectivity index (χ3n) is 4.93. The average Bonchev–Trinajstić information content (AvgIpc) is 2.38. The molecule has 0 spiro atoms. The van der Waals surface area contributed by atoms with E-state index < -0.39 is 0 Å². The highest BCUT2D eigenvalue weighted by Gasteiger charge is 2.43. The summed E-state index contributed by atoms with van der Waals surface area (Å²) in [7, 11) is 0. The molecule has 0 saturated heterocycles. The van der Waals surface area contributed by atoms with E-state index in [-0.39, 0.29) is 11.0 Å². The van der Waals surface area contributed by atoms with Gasteiger partial charge in [0.1, 0.15) is 0 Å². The lowest BCUT2D eigenvalue weighted by Crippen LogP contribution is -2.55. The lowest BCUT2D eigenvalue weighted by Gasteiger charge is -2.48. The maximum atomic E-state index is 6.85. The van der Waals surface area contributed by atoms with E-state index in [1.165, 1.54) is 24.8 Å². The summed E-state index contributed by atoms with van der Waals surface area (Å²) in [5.74, 6) is 0.580. The minimum atomic E-state index is -0.0861. The second-order valence-electron chi connectivity index (χ2n) is 7.59. The van der Waals surface area contributed by atoms with Gasteiger partial charge in [0, 0.05) is 23.9 Å². The summed E-state index contributed by atoms with van der Waals surface area (Å²) in [6, 6.07) is 4.36. The van der Waals surface area contributed by atoms with E-state index in [0.717, 1.165) is 25.0 Å². The van der Waals surface area contributed by atoms with E-state index in [2.05, 4.69) is 44.8 Å². The Balaban J connectivity index is 2.18. The Labute approximate surface area is 124 Å². The smallest absolute Gasteiger partial charge is 0.0422 e. The van der Waals surface area contributed by atoms with Gasteiger partial charge >= 0.3 is 0 Å². The van der Waals surface area contributed by atoms with Crippen LogP contribution in [0.2, 0.25) is 0 Å². The molecule has 2 rings (SSSR count). The number of hydrogen-bond donors (Lipinski definition) is 1. The molecule has 20 heavy (non-hydrogen) atoms. The summed E-state index contributed by atoms with van der Waals surface area (Å²) in [5, 5.41) is 0. The largest absolute Gasteiger partial charge is 0.324 e. The molecule has 112 valence electrons. The first-order chi connectivity index (χ1) is 9.35. The Bertz CT molecular complexity index is 430. The summed E-state index contributed by atoms with van der Waals surface area (Å²) in [6.07, 6.45) is 8.94. The van der Waals surface area contributed by atoms with Crippen molar-refractivity contribution in [3.8, 4) is 0 Å². The van der Waals surface area contributed by atoms with Crippen molar-refractivity contribution in [2.75, 3.05) is 0 Å². The molecule has 0 aliphatic heterocycles. The lowest BCUT2D eigenvalue weighted by molar-refractivity contribution is 0.0786. The quantitative estimate of drug-likeness (QED) is 0.900. The molecule has 2 N–H and O–H groups in total. The van der Waals surface area contributed by atoms with Crippen molar-refractivity contribution in [2.24, 2.45) is 17.1 Å². The number of nitrogens with two attached hydrogens (primary N) is 1. The first-order valence-corrected chi connectivity index (χ1v) is 8.08. The van der Waals surface area contributed by atoms with Gasteiger partial charge in [-0.2, -0.15) is 0 Å². The van der Waals surface area contributed by atoms with Crippen LogP contribution in [0.4, 0.5) is 0 Å². The minimum absolute atomic E-state index is 0.0861. The third-order valence-corrected chi connectivity index (χ3v) is 4.93. The predicted octanol–water partition coefficient (Wildman–Crippen LogP) is 4.12. The van der Waals surface area contributed by atoms with Crippen LogP contribution in [-0.2, 0) is 12.8 Å². The fourth-order valence-corrected chi connectivity index (χ4v) is 3.88. The number of hydrogen-bond acceptors (Lipinski definition) is 2. The maximum Gasteiger partial charge on any atom is 0.0422 e. The van der Waals surface area contributed by atoms with Gasteiger partial charge < -0.3 is 5.73 Å². The first-order valence-electron chi connectivity index (χ1n) is 8.08. The second-order valence-corrected chi connectivity index (χ2v) is 7.59. The number of nitrogens with zero attached hydrogens (tertiary/aromatic N) is 1. The Kier molecular flexibility index (Phi) is 4.53. The molecule has 1 aliphatic rings. The van der Waals surface area contributed by atoms with Crippen molar-refractivity contribution in [3.63, 3.8) is 0 Å². The molecule has 1 aliphatic carbocycles. The lowest BCUT2D eigenvalue weighted by atomic mass is 9.61. The predicted molar refractivity (Wildman–Crippen MR) is 85.7 cm³/mol. The molecule has 1 heterocycles. The van der Waals surface area contributed by atoms with Crippen LogP contribution in [-0.4, -0.2) is 10.5 Å². The van der Waals surface area contributed by atoms with Gasteiger partial charge in [0.05, 0.1) is 0 Å². The molecule has 1 fully saturated rings. The van der Waals surface area contributed by atoms with Gasteiger partial charge in [0.25, 0.3) is 0 Å². The van der Waals surface area contributed by atoms with Crippen LogP contribution in [0.15, 0.2) is 18.3 Å². The Morgan fingerprint density at radius 3 is 2.60 bits per heavy atom. The topological polar surface area (TPSA) is 38.9 Å². The van der Waals surface area contributed by atoms with Crippen LogP contribution in [0.1, 0.15) is 64.6 Å². The molecule has 1 aromatic rings. The van der Waals surface area contributed by atoms with E-state index in [1.54, 1.807) is 0 Å². The Morgan fingerprint density at radius 1 is 1.30 bits per heavy atom. The zero-order valence-corrected chi connectivity index (χ0v) is 13.6. The van der Waals surface area contributed by atoms with Gasteiger partial charge in [-0.05, 0) is 42.2 Å². The highest BCUT2D eigenvalue weighted by atomic mass is 14.8. The zero-order chi connectivity index (χ0) is 14.8. The van der Waals surface area contributed by atoms with Gasteiger partial charge in [-0.1, -0.05) is 46.6 Å². The molecule has 0 amide bonds. The number of rotatable bonds is 3. The summed E-state index contributed by atoms with van der Waals surface area (Å²) in [4.78, 5) is 4.63. The molecule has 0 radical (unpaired) electrons. The number of aryl methyl sites for hydroxylation is 1. The van der Waals surface area contributed by atoms with Crippen molar-refractivity contribution >= 4 is 0 Å². The van der Waals surface area contributed by atoms with Crippen LogP contribution in [0, 0.1) is 11.3 Å². The van der Waals surface area contributed by atoms with Crippen molar-refractivity contribution in [1.82, 2.24) is 4.98 Å². The van der Waals surface area contributed by atoms with Gasteiger partial charge in [-0.15, -0.1) is 0 Å². The molecule has 1 aromatic heterocycles. The highest BCUT2D eigenvalue weighted by molar-refractivity contribution is 5.17. The van der Waals surface area contributed by atoms with Crippen LogP contribution >= 0.6 is 0 Å². The van der Waals surface area contributed by atoms with Crippen molar-refractivity contribution in [2.45, 2.75) is 71.8 Å². The van der Waals surface area contributed by atoms with E-state index in [9.17, 15) is 0 Å². The summed E-state index contributed by atoms with van der Waals surface area (Å²) < 4.78 is 0. The minimum Gasteiger partial charge on any atom is -0.324 e. The van der Waals surface area contributed by atoms with Crippen LogP contribution < -0.4 is 5.73 Å². The van der Waals surface area contributed by atoms with Crippen molar-refractivity contribution in [3.05, 3.63) is 29.6 Å². The van der Waals surface area contributed by atoms with E-state index >= 15 is 0 Å². The Morgan fingerprint density at radius 2 is 2.05 bits per heavy atom. The average molecular weight is 274 g/mol. The molecule has 2 atom stereocenters. The number of pyridine rings is 1. The molecule has 2 unspecified atom stereocenters. The van der Waals surface area contributed by atoms with Gasteiger partial charge in [0.15, 0.2) is 0 Å². The van der Waals surface area contributed by atoms with Crippen molar-refractivity contribution < 1.29 is 0 Å². The molecular formula is C18H30N2. The van der Waals surface area contributed by atoms with Gasteiger partial charge in [0.2, 0.25) is 0 Å². The SMILES string of the molecule is CCc1ccc(CC2(N)CCCCC2C(C)(C)C)nc1. The summed E-state index contributed by atoms with van der Waals surface area (Å²) >= 11 is 0. The zero-order valence-electron chi connectivity index (χ0n) is 13.6. The molecule has 2 nitrogen and oxygen atoms in total. The summed E-state index contributed by atoms with van der Waals surface area (Å²) in [6.45, 7) is 9.16. The normalized spacial score (nSPS) is 27.6. The van der Waals surface area contributed by atoms with Crippen LogP contribution in [0.25, 0.3) is 0 Å². The maximum absolute atomic E-state index is 6.85. The molecule has 0 aromatic carbocycles. The fourth-order valence-electron chi connectivity index (χ4n) is 3.88.